The Morgan fingerprint density at radius 3 is 2.55 bits per heavy atom. The highest BCUT2D eigenvalue weighted by Crippen LogP contribution is 2.47. The first-order valence-corrected chi connectivity index (χ1v) is 12.6. The van der Waals surface area contributed by atoms with Gasteiger partial charge in [-0.3, -0.25) is 9.59 Å². The molecule has 0 radical (unpaired) electrons. The molecule has 4 heterocycles. The van der Waals surface area contributed by atoms with Crippen molar-refractivity contribution in [1.29, 1.82) is 0 Å². The fourth-order valence-corrected chi connectivity index (χ4v) is 5.69. The van der Waals surface area contributed by atoms with Gasteiger partial charge in [0.05, 0.1) is 11.6 Å². The molecule has 3 aliphatic heterocycles. The molecule has 8 nitrogen and oxygen atoms in total. The Balaban J connectivity index is 1.50. The smallest absolute Gasteiger partial charge is 0.261 e. The van der Waals surface area contributed by atoms with Crippen LogP contribution < -0.4 is 9.64 Å². The van der Waals surface area contributed by atoms with Gasteiger partial charge in [-0.05, 0) is 29.3 Å². The molecule has 2 amide bonds. The van der Waals surface area contributed by atoms with Gasteiger partial charge >= 0.3 is 0 Å². The van der Waals surface area contributed by atoms with E-state index in [2.05, 4.69) is 6.58 Å². The highest BCUT2D eigenvalue weighted by atomic mass is 35.5. The van der Waals surface area contributed by atoms with Gasteiger partial charge in [0.2, 0.25) is 5.91 Å². The van der Waals surface area contributed by atoms with Crippen LogP contribution in [0, 0.1) is 5.82 Å². The number of halogens is 2. The van der Waals surface area contributed by atoms with Gasteiger partial charge < -0.3 is 24.5 Å². The van der Waals surface area contributed by atoms with Gasteiger partial charge in [0.25, 0.3) is 5.91 Å². The standard InChI is InChI=1S/C28H24ClFN4O4/c1-2-21(36)32-10-11-34-18(14-32)15-38-26-23(28(34)37)27(33-12-16-6-3-4-7-17(16)13-33)31-25(24(26)29)22-19(30)8-5-9-20(22)35/h2-9,18,35H,1,10-15H2/t18-/m1/s1. The number of nitrogens with zero attached hydrogens (tertiary/aromatic N) is 4. The third-order valence-electron chi connectivity index (χ3n) is 7.31. The molecule has 10 heteroatoms. The first kappa shape index (κ1) is 24.2. The van der Waals surface area contributed by atoms with E-state index in [4.69, 9.17) is 21.3 Å². The van der Waals surface area contributed by atoms with E-state index in [1.165, 1.54) is 24.3 Å². The number of carbonyl (C=O) groups is 2. The second-order valence-corrected chi connectivity index (χ2v) is 9.89. The summed E-state index contributed by atoms with van der Waals surface area (Å²) >= 11 is 6.78. The van der Waals surface area contributed by atoms with Gasteiger partial charge in [0.15, 0.2) is 5.75 Å². The van der Waals surface area contributed by atoms with E-state index >= 15 is 0 Å². The minimum Gasteiger partial charge on any atom is -0.507 e. The van der Waals surface area contributed by atoms with Crippen molar-refractivity contribution in [3.63, 3.8) is 0 Å². The topological polar surface area (TPSA) is 86.2 Å². The Bertz CT molecular complexity index is 1450. The van der Waals surface area contributed by atoms with Crippen LogP contribution >= 0.6 is 11.6 Å². The summed E-state index contributed by atoms with van der Waals surface area (Å²) < 4.78 is 21.2. The van der Waals surface area contributed by atoms with Gasteiger partial charge in [0, 0.05) is 32.7 Å². The lowest BCUT2D eigenvalue weighted by atomic mass is 10.1. The van der Waals surface area contributed by atoms with E-state index in [0.717, 1.165) is 11.1 Å². The summed E-state index contributed by atoms with van der Waals surface area (Å²) in [6.07, 6.45) is 1.25. The van der Waals surface area contributed by atoms with Gasteiger partial charge in [-0.2, -0.15) is 0 Å². The molecular weight excluding hydrogens is 511 g/mol. The number of fused-ring (bicyclic) bond motifs is 3. The number of rotatable bonds is 3. The lowest BCUT2D eigenvalue weighted by Crippen LogP contribution is -2.57. The number of aromatic hydroxyl groups is 1. The maximum absolute atomic E-state index is 15.0. The van der Waals surface area contributed by atoms with Crippen LogP contribution in [0.1, 0.15) is 21.5 Å². The molecule has 2 aromatic carbocycles. The fourth-order valence-electron chi connectivity index (χ4n) is 5.40. The van der Waals surface area contributed by atoms with Crippen molar-refractivity contribution in [2.75, 3.05) is 31.1 Å². The lowest BCUT2D eigenvalue weighted by Gasteiger charge is -2.39. The molecule has 1 fully saturated rings. The van der Waals surface area contributed by atoms with Crippen LogP contribution in [0.15, 0.2) is 55.1 Å². The largest absolute Gasteiger partial charge is 0.507 e. The molecule has 1 saturated heterocycles. The Hall–Kier alpha value is -4.11. The average molecular weight is 535 g/mol. The predicted molar refractivity (Wildman–Crippen MR) is 140 cm³/mol. The van der Waals surface area contributed by atoms with Crippen molar-refractivity contribution in [2.45, 2.75) is 19.1 Å². The monoisotopic (exact) mass is 534 g/mol. The minimum absolute atomic E-state index is 0.0110. The number of phenolic OH excluding ortho intramolecular Hbond substituents is 1. The molecule has 1 N–H and O–H groups in total. The number of piperazine rings is 1. The Kier molecular flexibility index (Phi) is 5.95. The molecule has 0 unspecified atom stereocenters. The third-order valence-corrected chi connectivity index (χ3v) is 7.66. The molecular formula is C28H24ClFN4O4. The van der Waals surface area contributed by atoms with Gasteiger partial charge in [-0.1, -0.05) is 48.5 Å². The van der Waals surface area contributed by atoms with E-state index in [9.17, 15) is 19.1 Å². The molecule has 3 aromatic rings. The number of benzene rings is 2. The van der Waals surface area contributed by atoms with E-state index in [-0.39, 0.29) is 58.3 Å². The number of aromatic nitrogens is 1. The van der Waals surface area contributed by atoms with Crippen LogP contribution in [0.4, 0.5) is 10.2 Å². The number of hydrogen-bond donors (Lipinski definition) is 1. The van der Waals surface area contributed by atoms with Crippen molar-refractivity contribution in [1.82, 2.24) is 14.8 Å². The van der Waals surface area contributed by atoms with Crippen molar-refractivity contribution in [2.24, 2.45) is 0 Å². The summed E-state index contributed by atoms with van der Waals surface area (Å²) in [5, 5.41) is 10.5. The summed E-state index contributed by atoms with van der Waals surface area (Å²) in [4.78, 5) is 36.3. The van der Waals surface area contributed by atoms with E-state index in [1.807, 2.05) is 29.2 Å². The molecule has 3 aliphatic rings. The number of ether oxygens (including phenoxy) is 1. The quantitative estimate of drug-likeness (QED) is 0.511. The molecule has 1 atom stereocenters. The van der Waals surface area contributed by atoms with Crippen LogP contribution in [-0.4, -0.2) is 64.0 Å². The van der Waals surface area contributed by atoms with E-state index in [1.54, 1.807) is 9.80 Å². The fraction of sp³-hybridized carbons (Fsp3) is 0.250. The maximum Gasteiger partial charge on any atom is 0.261 e. The molecule has 0 spiro atoms. The molecule has 1 aromatic heterocycles. The molecule has 0 bridgehead atoms. The molecule has 38 heavy (non-hydrogen) atoms. The van der Waals surface area contributed by atoms with Crippen molar-refractivity contribution < 1.29 is 23.8 Å². The van der Waals surface area contributed by atoms with Crippen LogP contribution in [0.25, 0.3) is 11.3 Å². The Morgan fingerprint density at radius 1 is 1.13 bits per heavy atom. The normalized spacial score (nSPS) is 18.3. The van der Waals surface area contributed by atoms with Gasteiger partial charge in [-0.15, -0.1) is 0 Å². The number of carbonyl (C=O) groups excluding carboxylic acids is 2. The van der Waals surface area contributed by atoms with Crippen LogP contribution in [-0.2, 0) is 17.9 Å². The zero-order valence-corrected chi connectivity index (χ0v) is 21.1. The molecule has 6 rings (SSSR count). The summed E-state index contributed by atoms with van der Waals surface area (Å²) in [7, 11) is 0. The summed E-state index contributed by atoms with van der Waals surface area (Å²) in [5.41, 5.74) is 2.19. The second-order valence-electron chi connectivity index (χ2n) is 9.51. The minimum atomic E-state index is -0.703. The van der Waals surface area contributed by atoms with Crippen molar-refractivity contribution >= 4 is 29.2 Å². The average Bonchev–Trinajstić information content (AvgIpc) is 3.29. The first-order chi connectivity index (χ1) is 18.4. The second kappa shape index (κ2) is 9.33. The number of pyridine rings is 1. The van der Waals surface area contributed by atoms with Crippen molar-refractivity contribution in [3.8, 4) is 22.8 Å². The van der Waals surface area contributed by atoms with Crippen LogP contribution in [0.2, 0.25) is 5.02 Å². The van der Waals surface area contributed by atoms with Crippen LogP contribution in [0.3, 0.4) is 0 Å². The number of hydrogen-bond acceptors (Lipinski definition) is 6. The Morgan fingerprint density at radius 2 is 1.87 bits per heavy atom. The zero-order chi connectivity index (χ0) is 26.6. The zero-order valence-electron chi connectivity index (χ0n) is 20.4. The number of amides is 2. The molecule has 0 aliphatic carbocycles. The predicted octanol–water partition coefficient (Wildman–Crippen LogP) is 4.00. The Labute approximate surface area is 223 Å². The number of anilines is 1. The van der Waals surface area contributed by atoms with E-state index < -0.39 is 11.9 Å². The first-order valence-electron chi connectivity index (χ1n) is 12.3. The van der Waals surface area contributed by atoms with Gasteiger partial charge in [-0.25, -0.2) is 9.37 Å². The van der Waals surface area contributed by atoms with Gasteiger partial charge in [0.1, 0.15) is 40.3 Å². The van der Waals surface area contributed by atoms with E-state index in [0.29, 0.717) is 32.0 Å². The highest BCUT2D eigenvalue weighted by Gasteiger charge is 2.41. The molecule has 194 valence electrons. The van der Waals surface area contributed by atoms with Crippen molar-refractivity contribution in [3.05, 3.63) is 82.6 Å². The summed E-state index contributed by atoms with van der Waals surface area (Å²) in [5.74, 6) is -1.18. The molecule has 0 saturated carbocycles. The van der Waals surface area contributed by atoms with Crippen LogP contribution in [0.5, 0.6) is 11.5 Å². The summed E-state index contributed by atoms with van der Waals surface area (Å²) in [6.45, 7) is 5.54. The SMILES string of the molecule is C=CC(=O)N1CCN2C(=O)c3c(N4Cc5ccccc5C4)nc(-c4c(O)cccc4F)c(Cl)c3OC[C@H]2C1. The summed E-state index contributed by atoms with van der Waals surface area (Å²) in [6, 6.07) is 11.4. The third kappa shape index (κ3) is 3.85. The maximum atomic E-state index is 15.0. The number of phenols is 1. The lowest BCUT2D eigenvalue weighted by molar-refractivity contribution is -0.128. The highest BCUT2D eigenvalue weighted by molar-refractivity contribution is 6.35.